The van der Waals surface area contributed by atoms with Crippen LogP contribution in [0.25, 0.3) is 0 Å². The molecule has 1 aliphatic rings. The summed E-state index contributed by atoms with van der Waals surface area (Å²) in [6, 6.07) is 0. The molecule has 1 rings (SSSR count). The van der Waals surface area contributed by atoms with Crippen LogP contribution in [0.1, 0.15) is 64.2 Å². The van der Waals surface area contributed by atoms with E-state index < -0.39 is 0 Å². The molecule has 0 N–H and O–H groups in total. The lowest BCUT2D eigenvalue weighted by Crippen LogP contribution is -2.20. The van der Waals surface area contributed by atoms with E-state index in [0.29, 0.717) is 6.42 Å². The van der Waals surface area contributed by atoms with Crippen LogP contribution >= 0.6 is 0 Å². The third kappa shape index (κ3) is 8.91. The van der Waals surface area contributed by atoms with Gasteiger partial charge in [0.25, 0.3) is 0 Å². The molecular formula is C15H27NO4. The lowest BCUT2D eigenvalue weighted by atomic mass is 10.1. The van der Waals surface area contributed by atoms with E-state index in [0.717, 1.165) is 64.4 Å². The topological polar surface area (TPSA) is 57.1 Å². The Morgan fingerprint density at radius 3 is 2.80 bits per heavy atom. The van der Waals surface area contributed by atoms with Gasteiger partial charge in [0.1, 0.15) is 0 Å². The van der Waals surface area contributed by atoms with E-state index in [2.05, 4.69) is 9.89 Å². The molecule has 5 nitrogen and oxygen atoms in total. The Kier molecular flexibility index (Phi) is 9.92. The largest absolute Gasteiger partial charge is 0.469 e. The van der Waals surface area contributed by atoms with Gasteiger partial charge >= 0.3 is 5.97 Å². The van der Waals surface area contributed by atoms with Crippen molar-refractivity contribution < 1.29 is 19.1 Å². The molecule has 1 fully saturated rings. The van der Waals surface area contributed by atoms with Crippen molar-refractivity contribution in [3.8, 4) is 0 Å². The number of hydrogen-bond donors (Lipinski definition) is 0. The van der Waals surface area contributed by atoms with Crippen LogP contribution in [-0.2, 0) is 19.1 Å². The number of ether oxygens (including phenoxy) is 2. The van der Waals surface area contributed by atoms with Crippen molar-refractivity contribution in [1.29, 1.82) is 0 Å². The van der Waals surface area contributed by atoms with E-state index in [-0.39, 0.29) is 12.3 Å². The fourth-order valence-corrected chi connectivity index (χ4v) is 2.10. The van der Waals surface area contributed by atoms with E-state index >= 15 is 0 Å². The molecule has 0 bridgehead atoms. The van der Waals surface area contributed by atoms with Crippen molar-refractivity contribution in [2.45, 2.75) is 70.5 Å². The number of esters is 1. The number of rotatable bonds is 10. The van der Waals surface area contributed by atoms with Crippen molar-refractivity contribution in [1.82, 2.24) is 0 Å². The first-order valence-electron chi connectivity index (χ1n) is 7.69. The van der Waals surface area contributed by atoms with E-state index in [1.54, 1.807) is 0 Å². The Bertz CT molecular complexity index is 275. The van der Waals surface area contributed by atoms with Gasteiger partial charge in [-0.2, -0.15) is 0 Å². The minimum Gasteiger partial charge on any atom is -0.469 e. The fourth-order valence-electron chi connectivity index (χ4n) is 2.10. The van der Waals surface area contributed by atoms with E-state index in [4.69, 9.17) is 9.57 Å². The highest BCUT2D eigenvalue weighted by molar-refractivity contribution is 5.68. The normalized spacial score (nSPS) is 19.1. The molecule has 116 valence electrons. The summed E-state index contributed by atoms with van der Waals surface area (Å²) in [7, 11) is 1.43. The zero-order valence-electron chi connectivity index (χ0n) is 12.5. The SMILES string of the molecule is COC(=O)CCCCCCCC=NOC1CCCCO1. The van der Waals surface area contributed by atoms with E-state index in [1.165, 1.54) is 7.11 Å². The van der Waals surface area contributed by atoms with Crippen LogP contribution in [0.15, 0.2) is 5.16 Å². The highest BCUT2D eigenvalue weighted by Crippen LogP contribution is 2.13. The van der Waals surface area contributed by atoms with Gasteiger partial charge in [0.15, 0.2) is 0 Å². The smallest absolute Gasteiger partial charge is 0.305 e. The molecule has 1 atom stereocenters. The number of methoxy groups -OCH3 is 1. The first-order chi connectivity index (χ1) is 9.83. The summed E-state index contributed by atoms with van der Waals surface area (Å²) in [5.41, 5.74) is 0. The van der Waals surface area contributed by atoms with Gasteiger partial charge in [-0.15, -0.1) is 0 Å². The van der Waals surface area contributed by atoms with Crippen molar-refractivity contribution >= 4 is 12.2 Å². The molecule has 1 unspecified atom stereocenters. The van der Waals surface area contributed by atoms with Crippen molar-refractivity contribution in [2.24, 2.45) is 5.16 Å². The second kappa shape index (κ2) is 11.7. The van der Waals surface area contributed by atoms with Gasteiger partial charge in [0.2, 0.25) is 6.29 Å². The van der Waals surface area contributed by atoms with Crippen LogP contribution in [0.4, 0.5) is 0 Å². The van der Waals surface area contributed by atoms with Crippen LogP contribution in [-0.4, -0.2) is 32.2 Å². The zero-order valence-corrected chi connectivity index (χ0v) is 12.5. The number of oxime groups is 1. The van der Waals surface area contributed by atoms with Crippen LogP contribution in [0.3, 0.4) is 0 Å². The number of nitrogens with zero attached hydrogens (tertiary/aromatic N) is 1. The van der Waals surface area contributed by atoms with Gasteiger partial charge in [-0.3, -0.25) is 4.79 Å². The highest BCUT2D eigenvalue weighted by Gasteiger charge is 2.13. The third-order valence-corrected chi connectivity index (χ3v) is 3.33. The summed E-state index contributed by atoms with van der Waals surface area (Å²) in [6.45, 7) is 0.783. The van der Waals surface area contributed by atoms with Gasteiger partial charge in [0, 0.05) is 19.1 Å². The molecule has 0 spiro atoms. The Morgan fingerprint density at radius 2 is 2.05 bits per heavy atom. The monoisotopic (exact) mass is 285 g/mol. The van der Waals surface area contributed by atoms with Crippen molar-refractivity contribution in [2.75, 3.05) is 13.7 Å². The molecule has 1 saturated heterocycles. The molecule has 5 heteroatoms. The predicted octanol–water partition coefficient (Wildman–Crippen LogP) is 3.42. The van der Waals surface area contributed by atoms with Crippen LogP contribution < -0.4 is 0 Å². The van der Waals surface area contributed by atoms with Gasteiger partial charge in [-0.1, -0.05) is 24.4 Å². The molecule has 0 aliphatic carbocycles. The maximum atomic E-state index is 10.9. The Morgan fingerprint density at radius 1 is 1.25 bits per heavy atom. The summed E-state index contributed by atoms with van der Waals surface area (Å²) in [5.74, 6) is -0.112. The molecule has 0 amide bonds. The Hall–Kier alpha value is -1.10. The summed E-state index contributed by atoms with van der Waals surface area (Å²) in [5, 5.41) is 3.95. The first kappa shape index (κ1) is 17.0. The predicted molar refractivity (Wildman–Crippen MR) is 77.5 cm³/mol. The van der Waals surface area contributed by atoms with Crippen LogP contribution in [0, 0.1) is 0 Å². The summed E-state index contributed by atoms with van der Waals surface area (Å²) in [4.78, 5) is 16.1. The molecule has 1 heterocycles. The number of carbonyl (C=O) groups excluding carboxylic acids is 1. The molecule has 0 aromatic rings. The van der Waals surface area contributed by atoms with Gasteiger partial charge in [-0.25, -0.2) is 0 Å². The van der Waals surface area contributed by atoms with Gasteiger partial charge < -0.3 is 14.3 Å². The van der Waals surface area contributed by atoms with Crippen LogP contribution in [0.2, 0.25) is 0 Å². The molecule has 0 radical (unpaired) electrons. The Balaban J connectivity index is 1.83. The standard InChI is InChI=1S/C15H27NO4/c1-18-14(17)10-6-4-2-3-5-8-12-16-20-15-11-7-9-13-19-15/h12,15H,2-11,13H2,1H3. The van der Waals surface area contributed by atoms with E-state index in [1.807, 2.05) is 6.21 Å². The molecule has 0 saturated carbocycles. The van der Waals surface area contributed by atoms with Gasteiger partial charge in [0.05, 0.1) is 13.7 Å². The van der Waals surface area contributed by atoms with E-state index in [9.17, 15) is 4.79 Å². The summed E-state index contributed by atoms with van der Waals surface area (Å²) >= 11 is 0. The molecule has 0 aromatic carbocycles. The van der Waals surface area contributed by atoms with Gasteiger partial charge in [-0.05, 0) is 32.1 Å². The Labute approximate surface area is 121 Å². The average molecular weight is 285 g/mol. The molecular weight excluding hydrogens is 258 g/mol. The van der Waals surface area contributed by atoms with Crippen molar-refractivity contribution in [3.05, 3.63) is 0 Å². The second-order valence-electron chi connectivity index (χ2n) is 5.07. The third-order valence-electron chi connectivity index (χ3n) is 3.33. The van der Waals surface area contributed by atoms with Crippen LogP contribution in [0.5, 0.6) is 0 Å². The molecule has 0 aromatic heterocycles. The summed E-state index contributed by atoms with van der Waals surface area (Å²) in [6.07, 6.45) is 11.8. The quantitative estimate of drug-likeness (QED) is 0.267. The van der Waals surface area contributed by atoms with Crippen molar-refractivity contribution in [3.63, 3.8) is 0 Å². The first-order valence-corrected chi connectivity index (χ1v) is 7.69. The zero-order chi connectivity index (χ0) is 14.5. The second-order valence-corrected chi connectivity index (χ2v) is 5.07. The summed E-state index contributed by atoms with van der Waals surface area (Å²) < 4.78 is 10.00. The highest BCUT2D eigenvalue weighted by atomic mass is 16.8. The number of unbranched alkanes of at least 4 members (excludes halogenated alkanes) is 5. The average Bonchev–Trinajstić information content (AvgIpc) is 2.50. The lowest BCUT2D eigenvalue weighted by molar-refractivity contribution is -0.161. The fraction of sp³-hybridized carbons (Fsp3) is 0.867. The minimum absolute atomic E-state index is 0.112. The molecule has 20 heavy (non-hydrogen) atoms. The maximum absolute atomic E-state index is 10.9. The lowest BCUT2D eigenvalue weighted by Gasteiger charge is -2.19. The minimum atomic E-state index is -0.140. The number of carbonyl (C=O) groups is 1. The molecule has 1 aliphatic heterocycles. The maximum Gasteiger partial charge on any atom is 0.305 e. The number of hydrogen-bond acceptors (Lipinski definition) is 5.